The number of aliphatic hydroxyl groups is 1. The Morgan fingerprint density at radius 1 is 0.757 bits per heavy atom. The Morgan fingerprint density at radius 3 is 1.86 bits per heavy atom. The Bertz CT molecular complexity index is 1010. The molecule has 1 unspecified atom stereocenters. The van der Waals surface area contributed by atoms with E-state index in [4.69, 9.17) is 0 Å². The maximum atomic E-state index is 13.4. The number of hydrogen-bond donors (Lipinski definition) is 3. The second-order valence-corrected chi connectivity index (χ2v) is 10.5. The zero-order chi connectivity index (χ0) is 27.8. The highest BCUT2D eigenvalue weighted by Crippen LogP contribution is 2.28. The van der Waals surface area contributed by atoms with Crippen LogP contribution >= 0.6 is 0 Å². The molecule has 0 saturated heterocycles. The first-order valence-electron chi connectivity index (χ1n) is 13.5. The molecule has 1 aromatic carbocycles. The molecule has 0 aliphatic heterocycles. The summed E-state index contributed by atoms with van der Waals surface area (Å²) in [6.45, 7) is 12.6. The van der Waals surface area contributed by atoms with Gasteiger partial charge in [0.1, 0.15) is 11.5 Å². The first-order valence-corrected chi connectivity index (χ1v) is 13.5. The van der Waals surface area contributed by atoms with Gasteiger partial charge < -0.3 is 15.3 Å². The Labute approximate surface area is 224 Å². The predicted molar refractivity (Wildman–Crippen MR) is 156 cm³/mol. The first kappa shape index (κ1) is 32.2. The zero-order valence-electron chi connectivity index (χ0n) is 23.8. The normalized spacial score (nSPS) is 13.3. The van der Waals surface area contributed by atoms with Crippen LogP contribution in [-0.4, -0.2) is 27.7 Å². The van der Waals surface area contributed by atoms with Crippen molar-refractivity contribution in [3.8, 4) is 11.5 Å². The Morgan fingerprint density at radius 2 is 1.30 bits per heavy atom. The van der Waals surface area contributed by atoms with Gasteiger partial charge in [0.15, 0.2) is 5.78 Å². The fourth-order valence-electron chi connectivity index (χ4n) is 4.04. The van der Waals surface area contributed by atoms with E-state index in [1.54, 1.807) is 0 Å². The lowest BCUT2D eigenvalue weighted by Gasteiger charge is -2.15. The highest BCUT2D eigenvalue weighted by molar-refractivity contribution is 6.00. The largest absolute Gasteiger partial charge is 0.508 e. The molecule has 0 fully saturated rings. The standard InChI is InChI=1S/C33H48O4/c1-24(2)10-7-12-26(5)13-9-14-27(6)16-18-29(19-17-28(23-34)15-8-11-25(3)4)33(37)31-21-20-30(35)22-32(31)36/h10-11,13,16-17,20-22,29,34-36H,7-9,12,14-15,18-19,23H2,1-6H3/b26-13+,27-16+,28-17+. The SMILES string of the molecule is CC(C)=CCC/C(C)=C/CC/C(C)=C/CC(C/C=C(/CO)CCC=C(C)C)C(=O)c1ccc(O)cc1O. The maximum Gasteiger partial charge on any atom is 0.170 e. The van der Waals surface area contributed by atoms with E-state index < -0.39 is 0 Å². The minimum Gasteiger partial charge on any atom is -0.508 e. The third-order valence-electron chi connectivity index (χ3n) is 6.40. The topological polar surface area (TPSA) is 77.8 Å². The van der Waals surface area contributed by atoms with Crippen molar-refractivity contribution in [3.63, 3.8) is 0 Å². The van der Waals surface area contributed by atoms with Crippen molar-refractivity contribution in [1.82, 2.24) is 0 Å². The number of hydrogen-bond acceptors (Lipinski definition) is 4. The Hall–Kier alpha value is -2.85. The molecule has 0 heterocycles. The van der Waals surface area contributed by atoms with Crippen molar-refractivity contribution >= 4 is 5.78 Å². The van der Waals surface area contributed by atoms with Crippen LogP contribution in [0.1, 0.15) is 103 Å². The third kappa shape index (κ3) is 13.9. The van der Waals surface area contributed by atoms with Crippen molar-refractivity contribution in [1.29, 1.82) is 0 Å². The van der Waals surface area contributed by atoms with Gasteiger partial charge in [-0.1, -0.05) is 52.7 Å². The molecule has 0 aliphatic rings. The van der Waals surface area contributed by atoms with Crippen LogP contribution in [0.4, 0.5) is 0 Å². The highest BCUT2D eigenvalue weighted by atomic mass is 16.3. The second kappa shape index (κ2) is 17.6. The lowest BCUT2D eigenvalue weighted by molar-refractivity contribution is 0.0918. The quantitative estimate of drug-likeness (QED) is 0.154. The van der Waals surface area contributed by atoms with Gasteiger partial charge in [-0.3, -0.25) is 4.79 Å². The summed E-state index contributed by atoms with van der Waals surface area (Å²) in [5, 5.41) is 29.7. The summed E-state index contributed by atoms with van der Waals surface area (Å²) in [5.74, 6) is -0.808. The van der Waals surface area contributed by atoms with Gasteiger partial charge in [0.05, 0.1) is 12.2 Å². The molecule has 4 nitrogen and oxygen atoms in total. The number of rotatable bonds is 16. The number of benzene rings is 1. The maximum absolute atomic E-state index is 13.4. The van der Waals surface area contributed by atoms with Crippen molar-refractivity contribution in [2.45, 2.75) is 92.9 Å². The lowest BCUT2D eigenvalue weighted by atomic mass is 9.89. The number of phenolic OH excluding ortho intramolecular Hbond substituents is 2. The fraction of sp³-hybridized carbons (Fsp3) is 0.485. The summed E-state index contributed by atoms with van der Waals surface area (Å²) in [7, 11) is 0. The van der Waals surface area contributed by atoms with Crippen molar-refractivity contribution in [3.05, 3.63) is 82.0 Å². The summed E-state index contributed by atoms with van der Waals surface area (Å²) in [5.41, 5.74) is 6.36. The van der Waals surface area contributed by atoms with Crippen LogP contribution in [0.25, 0.3) is 0 Å². The average molecular weight is 509 g/mol. The number of ketones is 1. The number of allylic oxidation sites excluding steroid dienone is 9. The number of aromatic hydroxyl groups is 2. The fourth-order valence-corrected chi connectivity index (χ4v) is 4.04. The monoisotopic (exact) mass is 508 g/mol. The van der Waals surface area contributed by atoms with E-state index in [0.29, 0.717) is 12.8 Å². The molecule has 0 aliphatic carbocycles. The molecule has 37 heavy (non-hydrogen) atoms. The minimum atomic E-state index is -0.364. The average Bonchev–Trinajstić information content (AvgIpc) is 2.82. The molecule has 204 valence electrons. The summed E-state index contributed by atoms with van der Waals surface area (Å²) in [6, 6.07) is 4.10. The van der Waals surface area contributed by atoms with Gasteiger partial charge in [0, 0.05) is 12.0 Å². The number of carbonyl (C=O) groups excluding carboxylic acids is 1. The number of phenols is 2. The van der Waals surface area contributed by atoms with E-state index >= 15 is 0 Å². The molecule has 1 atom stereocenters. The molecule has 0 aromatic heterocycles. The molecule has 4 heteroatoms. The van der Waals surface area contributed by atoms with Gasteiger partial charge in [-0.05, 0) is 111 Å². The molecule has 1 aromatic rings. The third-order valence-corrected chi connectivity index (χ3v) is 6.40. The van der Waals surface area contributed by atoms with Crippen molar-refractivity contribution in [2.75, 3.05) is 6.61 Å². The zero-order valence-corrected chi connectivity index (χ0v) is 23.8. The molecule has 0 bridgehead atoms. The first-order chi connectivity index (χ1) is 17.5. The van der Waals surface area contributed by atoms with Crippen LogP contribution < -0.4 is 0 Å². The van der Waals surface area contributed by atoms with Crippen LogP contribution in [-0.2, 0) is 0 Å². The Balaban J connectivity index is 2.94. The van der Waals surface area contributed by atoms with Crippen LogP contribution in [0, 0.1) is 5.92 Å². The Kier molecular flexibility index (Phi) is 15.3. The summed E-state index contributed by atoms with van der Waals surface area (Å²) in [4.78, 5) is 13.4. The minimum absolute atomic E-state index is 0.0316. The molecule has 0 radical (unpaired) electrons. The van der Waals surface area contributed by atoms with E-state index in [1.165, 1.54) is 40.5 Å². The molecular weight excluding hydrogens is 460 g/mol. The van der Waals surface area contributed by atoms with Gasteiger partial charge in [0.2, 0.25) is 0 Å². The molecule has 3 N–H and O–H groups in total. The number of carbonyl (C=O) groups is 1. The van der Waals surface area contributed by atoms with Crippen LogP contribution in [0.3, 0.4) is 0 Å². The smallest absolute Gasteiger partial charge is 0.170 e. The molecule has 1 rings (SSSR count). The molecular formula is C33H48O4. The van der Waals surface area contributed by atoms with Gasteiger partial charge in [-0.15, -0.1) is 0 Å². The van der Waals surface area contributed by atoms with Gasteiger partial charge in [0.25, 0.3) is 0 Å². The highest BCUT2D eigenvalue weighted by Gasteiger charge is 2.21. The molecule has 0 amide bonds. The van der Waals surface area contributed by atoms with Gasteiger partial charge in [-0.2, -0.15) is 0 Å². The number of Topliss-reactive ketones (excluding diaryl/α,β-unsaturated/α-hetero) is 1. The van der Waals surface area contributed by atoms with Crippen molar-refractivity contribution < 1.29 is 20.1 Å². The van der Waals surface area contributed by atoms with Gasteiger partial charge >= 0.3 is 0 Å². The van der Waals surface area contributed by atoms with E-state index in [9.17, 15) is 20.1 Å². The number of aliphatic hydroxyl groups excluding tert-OH is 1. The molecule has 0 saturated carbocycles. The van der Waals surface area contributed by atoms with E-state index in [-0.39, 0.29) is 35.4 Å². The predicted octanol–water partition coefficient (Wildman–Crippen LogP) is 8.76. The second-order valence-electron chi connectivity index (χ2n) is 10.5. The summed E-state index contributed by atoms with van der Waals surface area (Å²) < 4.78 is 0. The van der Waals surface area contributed by atoms with E-state index in [1.807, 2.05) is 6.08 Å². The van der Waals surface area contributed by atoms with Crippen LogP contribution in [0.15, 0.2) is 76.4 Å². The summed E-state index contributed by atoms with van der Waals surface area (Å²) >= 11 is 0. The van der Waals surface area contributed by atoms with Gasteiger partial charge in [-0.25, -0.2) is 0 Å². The summed E-state index contributed by atoms with van der Waals surface area (Å²) in [6.07, 6.45) is 17.5. The van der Waals surface area contributed by atoms with E-state index in [0.717, 1.165) is 44.1 Å². The van der Waals surface area contributed by atoms with Crippen LogP contribution in [0.5, 0.6) is 11.5 Å². The van der Waals surface area contributed by atoms with Crippen molar-refractivity contribution in [2.24, 2.45) is 5.92 Å². The van der Waals surface area contributed by atoms with Crippen LogP contribution in [0.2, 0.25) is 0 Å². The lowest BCUT2D eigenvalue weighted by Crippen LogP contribution is -2.14. The molecule has 0 spiro atoms. The van der Waals surface area contributed by atoms with E-state index in [2.05, 4.69) is 65.8 Å².